The molecule has 2 aromatic rings. The number of ketones is 1. The van der Waals surface area contributed by atoms with Crippen molar-refractivity contribution in [1.29, 1.82) is 5.26 Å². The fourth-order valence-electron chi connectivity index (χ4n) is 4.19. The maximum absolute atomic E-state index is 13.0. The van der Waals surface area contributed by atoms with Crippen LogP contribution in [0.1, 0.15) is 36.3 Å². The number of Topliss-reactive ketones (excluding diaryl/α,β-unsaturated/α-hetero) is 1. The number of nitrogens with two attached hydrogens (primary N) is 1. The predicted octanol–water partition coefficient (Wildman–Crippen LogP) is 5.41. The first-order valence-corrected chi connectivity index (χ1v) is 11.1. The third-order valence-electron chi connectivity index (χ3n) is 5.76. The van der Waals surface area contributed by atoms with Crippen LogP contribution in [0.25, 0.3) is 0 Å². The molecule has 2 aromatic carbocycles. The summed E-state index contributed by atoms with van der Waals surface area (Å²) < 4.78 is 6.99. The quantitative estimate of drug-likeness (QED) is 0.609. The van der Waals surface area contributed by atoms with E-state index in [0.717, 1.165) is 34.1 Å². The average molecular weight is 499 g/mol. The molecule has 7 heteroatoms. The highest BCUT2D eigenvalue weighted by atomic mass is 79.9. The zero-order valence-corrected chi connectivity index (χ0v) is 19.3. The highest BCUT2D eigenvalue weighted by Crippen LogP contribution is 2.47. The van der Waals surface area contributed by atoms with Gasteiger partial charge >= 0.3 is 0 Å². The Morgan fingerprint density at radius 2 is 2.00 bits per heavy atom. The van der Waals surface area contributed by atoms with E-state index >= 15 is 0 Å². The first kappa shape index (κ1) is 21.5. The number of benzene rings is 2. The van der Waals surface area contributed by atoms with E-state index in [-0.39, 0.29) is 5.78 Å². The number of nitriles is 1. The molecule has 0 aromatic heterocycles. The second-order valence-electron chi connectivity index (χ2n) is 7.64. The van der Waals surface area contributed by atoms with E-state index < -0.39 is 5.92 Å². The molecular weight excluding hydrogens is 478 g/mol. The van der Waals surface area contributed by atoms with Crippen molar-refractivity contribution >= 4 is 33.3 Å². The van der Waals surface area contributed by atoms with Gasteiger partial charge in [0.2, 0.25) is 0 Å². The molecular formula is C24H21BrClN3O2. The summed E-state index contributed by atoms with van der Waals surface area (Å²) in [6.07, 6.45) is 2.00. The van der Waals surface area contributed by atoms with Gasteiger partial charge in [-0.1, -0.05) is 39.7 Å². The number of rotatable bonds is 4. The van der Waals surface area contributed by atoms with Crippen molar-refractivity contribution in [2.24, 2.45) is 5.73 Å². The van der Waals surface area contributed by atoms with Gasteiger partial charge in [0, 0.05) is 39.8 Å². The third kappa shape index (κ3) is 4.08. The minimum atomic E-state index is -0.554. The summed E-state index contributed by atoms with van der Waals surface area (Å²) in [5, 5.41) is 10.6. The minimum absolute atomic E-state index is 0.0574. The van der Waals surface area contributed by atoms with E-state index in [2.05, 4.69) is 22.0 Å². The van der Waals surface area contributed by atoms with Gasteiger partial charge in [-0.2, -0.15) is 5.26 Å². The summed E-state index contributed by atoms with van der Waals surface area (Å²) in [5.41, 5.74) is 9.97. The van der Waals surface area contributed by atoms with Gasteiger partial charge in [-0.05, 0) is 48.7 Å². The van der Waals surface area contributed by atoms with Crippen molar-refractivity contribution in [3.8, 4) is 11.8 Å². The molecule has 31 heavy (non-hydrogen) atoms. The van der Waals surface area contributed by atoms with Gasteiger partial charge in [0.1, 0.15) is 18.2 Å². The van der Waals surface area contributed by atoms with Crippen LogP contribution < -0.4 is 10.5 Å². The molecule has 0 amide bonds. The van der Waals surface area contributed by atoms with Crippen molar-refractivity contribution in [3.05, 3.63) is 85.8 Å². The lowest BCUT2D eigenvalue weighted by atomic mass is 9.75. The van der Waals surface area contributed by atoms with Crippen LogP contribution in [0.4, 0.5) is 0 Å². The molecule has 5 nitrogen and oxygen atoms in total. The standard InChI is InChI=1S/C24H21BrClN3O2/c1-29-19-3-2-4-20(30)23(19)22(18(12-27)24(29)28)17-11-15(25)7-10-21(17)31-13-14-5-8-16(26)9-6-14/h5-11,22H,2-4,13,28H2,1H3/t22-/m1/s1. The second-order valence-corrected chi connectivity index (χ2v) is 8.99. The number of nitrogens with zero attached hydrogens (tertiary/aromatic N) is 2. The fraction of sp³-hybridized carbons (Fsp3) is 0.250. The van der Waals surface area contributed by atoms with Gasteiger partial charge < -0.3 is 15.4 Å². The molecule has 0 unspecified atom stereocenters. The molecule has 1 heterocycles. The highest BCUT2D eigenvalue weighted by molar-refractivity contribution is 9.10. The fourth-order valence-corrected chi connectivity index (χ4v) is 4.70. The third-order valence-corrected chi connectivity index (χ3v) is 6.50. The number of carbonyl (C=O) groups excluding carboxylic acids is 1. The minimum Gasteiger partial charge on any atom is -0.489 e. The Kier molecular flexibility index (Phi) is 6.08. The predicted molar refractivity (Wildman–Crippen MR) is 123 cm³/mol. The van der Waals surface area contributed by atoms with Gasteiger partial charge in [0.15, 0.2) is 5.78 Å². The SMILES string of the molecule is CN1C(N)=C(C#N)[C@@H](c2cc(Br)ccc2OCc2ccc(Cl)cc2)C2=C1CCCC2=O. The summed E-state index contributed by atoms with van der Waals surface area (Å²) in [6, 6.07) is 15.3. The Hall–Kier alpha value is -2.75. The number of carbonyl (C=O) groups is 1. The van der Waals surface area contributed by atoms with E-state index in [9.17, 15) is 10.1 Å². The first-order chi connectivity index (χ1) is 14.9. The maximum Gasteiger partial charge on any atom is 0.161 e. The summed E-state index contributed by atoms with van der Waals surface area (Å²) in [6.45, 7) is 0.333. The van der Waals surface area contributed by atoms with Gasteiger partial charge in [0.25, 0.3) is 0 Å². The molecule has 0 saturated heterocycles. The maximum atomic E-state index is 13.0. The Bertz CT molecular complexity index is 1150. The molecule has 1 aliphatic carbocycles. The molecule has 1 atom stereocenters. The molecule has 0 bridgehead atoms. The molecule has 0 spiro atoms. The van der Waals surface area contributed by atoms with Crippen molar-refractivity contribution in [3.63, 3.8) is 0 Å². The second kappa shape index (κ2) is 8.78. The van der Waals surface area contributed by atoms with Crippen LogP contribution in [0.15, 0.2) is 69.6 Å². The Labute approximate surface area is 194 Å². The summed E-state index contributed by atoms with van der Waals surface area (Å²) in [5.74, 6) is 0.492. The van der Waals surface area contributed by atoms with Crippen LogP contribution in [0.2, 0.25) is 5.02 Å². The van der Waals surface area contributed by atoms with E-state index in [1.165, 1.54) is 0 Å². The molecule has 0 fully saturated rings. The lowest BCUT2D eigenvalue weighted by Crippen LogP contribution is -2.36. The lowest BCUT2D eigenvalue weighted by Gasteiger charge is -2.38. The Morgan fingerprint density at radius 3 is 2.71 bits per heavy atom. The summed E-state index contributed by atoms with van der Waals surface area (Å²) >= 11 is 9.50. The largest absolute Gasteiger partial charge is 0.489 e. The van der Waals surface area contributed by atoms with Crippen LogP contribution >= 0.6 is 27.5 Å². The molecule has 158 valence electrons. The lowest BCUT2D eigenvalue weighted by molar-refractivity contribution is -0.116. The highest BCUT2D eigenvalue weighted by Gasteiger charge is 2.39. The van der Waals surface area contributed by atoms with Gasteiger partial charge in [0.05, 0.1) is 17.6 Å². The Morgan fingerprint density at radius 1 is 1.26 bits per heavy atom. The van der Waals surface area contributed by atoms with E-state index in [1.54, 1.807) is 4.90 Å². The van der Waals surface area contributed by atoms with E-state index in [0.29, 0.717) is 40.8 Å². The topological polar surface area (TPSA) is 79.3 Å². The molecule has 1 aliphatic heterocycles. The molecule has 4 rings (SSSR count). The molecule has 0 radical (unpaired) electrons. The van der Waals surface area contributed by atoms with Crippen molar-refractivity contribution in [1.82, 2.24) is 4.90 Å². The number of hydrogen-bond acceptors (Lipinski definition) is 5. The van der Waals surface area contributed by atoms with Crippen LogP contribution in [0.5, 0.6) is 5.75 Å². The Balaban J connectivity index is 1.80. The number of hydrogen-bond donors (Lipinski definition) is 1. The molecule has 0 saturated carbocycles. The van der Waals surface area contributed by atoms with Gasteiger partial charge in [-0.25, -0.2) is 0 Å². The van der Waals surface area contributed by atoms with Crippen LogP contribution in [-0.2, 0) is 11.4 Å². The monoisotopic (exact) mass is 497 g/mol. The number of halogens is 2. The van der Waals surface area contributed by atoms with Crippen molar-refractivity contribution in [2.45, 2.75) is 31.8 Å². The number of ether oxygens (including phenoxy) is 1. The molecule has 2 aliphatic rings. The normalized spacial score (nSPS) is 18.7. The van der Waals surface area contributed by atoms with Crippen molar-refractivity contribution < 1.29 is 9.53 Å². The zero-order valence-electron chi connectivity index (χ0n) is 17.0. The van der Waals surface area contributed by atoms with E-state index in [4.69, 9.17) is 22.1 Å². The van der Waals surface area contributed by atoms with Crippen LogP contribution in [0.3, 0.4) is 0 Å². The average Bonchev–Trinajstić information content (AvgIpc) is 2.76. The van der Waals surface area contributed by atoms with Crippen LogP contribution in [0, 0.1) is 11.3 Å². The first-order valence-electron chi connectivity index (χ1n) is 9.97. The number of allylic oxidation sites excluding steroid dienone is 3. The molecule has 2 N–H and O–H groups in total. The zero-order chi connectivity index (χ0) is 22.1. The van der Waals surface area contributed by atoms with Crippen LogP contribution in [-0.4, -0.2) is 17.7 Å². The van der Waals surface area contributed by atoms with E-state index in [1.807, 2.05) is 49.5 Å². The summed E-state index contributed by atoms with van der Waals surface area (Å²) in [7, 11) is 1.82. The van der Waals surface area contributed by atoms with Gasteiger partial charge in [-0.15, -0.1) is 0 Å². The van der Waals surface area contributed by atoms with Gasteiger partial charge in [-0.3, -0.25) is 4.79 Å². The smallest absolute Gasteiger partial charge is 0.161 e. The van der Waals surface area contributed by atoms with Crippen molar-refractivity contribution in [2.75, 3.05) is 7.05 Å². The summed E-state index contributed by atoms with van der Waals surface area (Å²) in [4.78, 5) is 14.8.